The van der Waals surface area contributed by atoms with Gasteiger partial charge in [0.1, 0.15) is 0 Å². The summed E-state index contributed by atoms with van der Waals surface area (Å²) >= 11 is 1.31. The van der Waals surface area contributed by atoms with Gasteiger partial charge in [-0.15, -0.1) is 0 Å². The van der Waals surface area contributed by atoms with Crippen LogP contribution in [0, 0.1) is 0 Å². The smallest absolute Gasteiger partial charge is 0.328 e. The number of nitrogens with two attached hydrogens (primary N) is 1. The first-order valence-electron chi connectivity index (χ1n) is 6.55. The zero-order chi connectivity index (χ0) is 15.5. The van der Waals surface area contributed by atoms with E-state index >= 15 is 0 Å². The molecule has 0 spiro atoms. The van der Waals surface area contributed by atoms with Crippen LogP contribution in [-0.2, 0) is 12.6 Å². The van der Waals surface area contributed by atoms with Gasteiger partial charge in [0.05, 0.1) is 5.56 Å². The average molecular weight is 311 g/mol. The van der Waals surface area contributed by atoms with Crippen molar-refractivity contribution in [2.75, 3.05) is 0 Å². The SMILES string of the molecule is CC(N)Cc1ccc(Sc2ccccc2)cc1C(F)(F)F. The van der Waals surface area contributed by atoms with Gasteiger partial charge >= 0.3 is 6.18 Å². The summed E-state index contributed by atoms with van der Waals surface area (Å²) in [5.41, 5.74) is 5.27. The van der Waals surface area contributed by atoms with Crippen LogP contribution in [0.5, 0.6) is 0 Å². The third-order valence-corrected chi connectivity index (χ3v) is 3.91. The monoisotopic (exact) mass is 311 g/mol. The van der Waals surface area contributed by atoms with Crippen molar-refractivity contribution in [3.05, 3.63) is 59.7 Å². The molecule has 112 valence electrons. The Morgan fingerprint density at radius 2 is 1.71 bits per heavy atom. The van der Waals surface area contributed by atoms with Gasteiger partial charge in [-0.2, -0.15) is 13.2 Å². The summed E-state index contributed by atoms with van der Waals surface area (Å²) < 4.78 is 39.5. The fourth-order valence-corrected chi connectivity index (χ4v) is 2.91. The van der Waals surface area contributed by atoms with Gasteiger partial charge < -0.3 is 5.73 Å². The molecular formula is C16H16F3NS. The molecule has 5 heteroatoms. The van der Waals surface area contributed by atoms with E-state index in [1.54, 1.807) is 13.0 Å². The standard InChI is InChI=1S/C16H16F3NS/c1-11(20)9-12-7-8-14(10-15(12)16(17,18)19)21-13-5-3-2-4-6-13/h2-8,10-11H,9,20H2,1H3. The molecular weight excluding hydrogens is 295 g/mol. The van der Waals surface area contributed by atoms with Crippen molar-refractivity contribution in [2.24, 2.45) is 5.73 Å². The molecule has 2 aromatic carbocycles. The summed E-state index contributed by atoms with van der Waals surface area (Å²) in [6.07, 6.45) is -4.15. The lowest BCUT2D eigenvalue weighted by atomic mass is 10.0. The fourth-order valence-electron chi connectivity index (χ4n) is 2.03. The molecule has 0 saturated heterocycles. The van der Waals surface area contributed by atoms with E-state index in [1.165, 1.54) is 23.9 Å². The van der Waals surface area contributed by atoms with Gasteiger partial charge in [-0.05, 0) is 43.2 Å². The van der Waals surface area contributed by atoms with E-state index in [4.69, 9.17) is 5.73 Å². The Morgan fingerprint density at radius 3 is 2.29 bits per heavy atom. The highest BCUT2D eigenvalue weighted by molar-refractivity contribution is 7.99. The van der Waals surface area contributed by atoms with Crippen LogP contribution >= 0.6 is 11.8 Å². The van der Waals surface area contributed by atoms with Crippen molar-refractivity contribution < 1.29 is 13.2 Å². The molecule has 0 radical (unpaired) electrons. The molecule has 2 N–H and O–H groups in total. The predicted molar refractivity (Wildman–Crippen MR) is 79.4 cm³/mol. The van der Waals surface area contributed by atoms with Crippen LogP contribution in [0.3, 0.4) is 0 Å². The number of hydrogen-bond donors (Lipinski definition) is 1. The molecule has 0 aliphatic carbocycles. The zero-order valence-corrected chi connectivity index (χ0v) is 12.3. The maximum atomic E-state index is 13.2. The molecule has 0 aliphatic rings. The van der Waals surface area contributed by atoms with Gasteiger partial charge in [-0.25, -0.2) is 0 Å². The molecule has 2 rings (SSSR count). The van der Waals surface area contributed by atoms with Crippen molar-refractivity contribution in [3.63, 3.8) is 0 Å². The van der Waals surface area contributed by atoms with E-state index in [1.807, 2.05) is 30.3 Å². The van der Waals surface area contributed by atoms with Crippen molar-refractivity contribution in [1.82, 2.24) is 0 Å². The fraction of sp³-hybridized carbons (Fsp3) is 0.250. The minimum absolute atomic E-state index is 0.213. The van der Waals surface area contributed by atoms with Crippen molar-refractivity contribution in [1.29, 1.82) is 0 Å². The van der Waals surface area contributed by atoms with Gasteiger partial charge in [0.2, 0.25) is 0 Å². The Labute approximate surface area is 126 Å². The van der Waals surface area contributed by atoms with Gasteiger partial charge in [0.15, 0.2) is 0 Å². The van der Waals surface area contributed by atoms with Gasteiger partial charge in [0.25, 0.3) is 0 Å². The first-order chi connectivity index (χ1) is 9.86. The van der Waals surface area contributed by atoms with Crippen molar-refractivity contribution >= 4 is 11.8 Å². The van der Waals surface area contributed by atoms with Crippen molar-refractivity contribution in [3.8, 4) is 0 Å². The first-order valence-corrected chi connectivity index (χ1v) is 7.36. The van der Waals surface area contributed by atoms with Crippen LogP contribution in [0.15, 0.2) is 58.3 Å². The first kappa shape index (κ1) is 15.9. The Bertz CT molecular complexity index is 594. The highest BCUT2D eigenvalue weighted by Gasteiger charge is 2.33. The van der Waals surface area contributed by atoms with Gasteiger partial charge in [-0.3, -0.25) is 0 Å². The molecule has 1 unspecified atom stereocenters. The molecule has 0 bridgehead atoms. The molecule has 2 aromatic rings. The van der Waals surface area contributed by atoms with E-state index in [2.05, 4.69) is 0 Å². The average Bonchev–Trinajstić information content (AvgIpc) is 2.40. The minimum Gasteiger partial charge on any atom is -0.328 e. The highest BCUT2D eigenvalue weighted by Crippen LogP contribution is 2.37. The number of rotatable bonds is 4. The second-order valence-corrected chi connectivity index (χ2v) is 6.06. The maximum absolute atomic E-state index is 13.2. The molecule has 0 aliphatic heterocycles. The second-order valence-electron chi connectivity index (χ2n) is 4.91. The van der Waals surface area contributed by atoms with Crippen LogP contribution in [0.1, 0.15) is 18.1 Å². The van der Waals surface area contributed by atoms with E-state index in [-0.39, 0.29) is 18.0 Å². The summed E-state index contributed by atoms with van der Waals surface area (Å²) in [4.78, 5) is 1.48. The molecule has 0 fully saturated rings. The lowest BCUT2D eigenvalue weighted by molar-refractivity contribution is -0.138. The number of benzene rings is 2. The van der Waals surface area contributed by atoms with E-state index in [0.717, 1.165) is 4.90 Å². The molecule has 0 heterocycles. The Morgan fingerprint density at radius 1 is 1.05 bits per heavy atom. The Balaban J connectivity index is 2.33. The Kier molecular flexibility index (Phi) is 4.96. The molecule has 0 amide bonds. The predicted octanol–water partition coefficient (Wildman–Crippen LogP) is 4.75. The summed E-state index contributed by atoms with van der Waals surface area (Å²) in [5.74, 6) is 0. The Hall–Kier alpha value is -1.46. The molecule has 0 aromatic heterocycles. The number of halogens is 3. The van der Waals surface area contributed by atoms with Crippen LogP contribution in [0.2, 0.25) is 0 Å². The summed E-state index contributed by atoms with van der Waals surface area (Å²) in [7, 11) is 0. The van der Waals surface area contributed by atoms with Crippen LogP contribution < -0.4 is 5.73 Å². The minimum atomic E-state index is -4.36. The van der Waals surface area contributed by atoms with E-state index < -0.39 is 11.7 Å². The molecule has 1 nitrogen and oxygen atoms in total. The van der Waals surface area contributed by atoms with E-state index in [9.17, 15) is 13.2 Å². The topological polar surface area (TPSA) is 26.0 Å². The summed E-state index contributed by atoms with van der Waals surface area (Å²) in [6, 6.07) is 13.5. The van der Waals surface area contributed by atoms with Gasteiger partial charge in [-0.1, -0.05) is 36.0 Å². The van der Waals surface area contributed by atoms with Crippen LogP contribution in [0.4, 0.5) is 13.2 Å². The lowest BCUT2D eigenvalue weighted by Crippen LogP contribution is -2.20. The third-order valence-electron chi connectivity index (χ3n) is 2.91. The quantitative estimate of drug-likeness (QED) is 0.882. The normalized spacial score (nSPS) is 13.2. The van der Waals surface area contributed by atoms with E-state index in [0.29, 0.717) is 4.90 Å². The van der Waals surface area contributed by atoms with Gasteiger partial charge in [0, 0.05) is 15.8 Å². The molecule has 21 heavy (non-hydrogen) atoms. The van der Waals surface area contributed by atoms with Crippen LogP contribution in [0.25, 0.3) is 0 Å². The molecule has 0 saturated carbocycles. The summed E-state index contributed by atoms with van der Waals surface area (Å²) in [5, 5.41) is 0. The second kappa shape index (κ2) is 6.54. The summed E-state index contributed by atoms with van der Waals surface area (Å²) in [6.45, 7) is 1.70. The number of hydrogen-bond acceptors (Lipinski definition) is 2. The zero-order valence-electron chi connectivity index (χ0n) is 11.5. The lowest BCUT2D eigenvalue weighted by Gasteiger charge is -2.16. The molecule has 1 atom stereocenters. The van der Waals surface area contributed by atoms with Crippen molar-refractivity contribution in [2.45, 2.75) is 35.4 Å². The highest BCUT2D eigenvalue weighted by atomic mass is 32.2. The third kappa shape index (κ3) is 4.51. The largest absolute Gasteiger partial charge is 0.416 e. The number of alkyl halides is 3. The maximum Gasteiger partial charge on any atom is 0.416 e. The van der Waals surface area contributed by atoms with Crippen LogP contribution in [-0.4, -0.2) is 6.04 Å².